The summed E-state index contributed by atoms with van der Waals surface area (Å²) < 4.78 is 23.0. The molecule has 0 aromatic rings. The van der Waals surface area contributed by atoms with Crippen molar-refractivity contribution in [3.8, 4) is 0 Å². The summed E-state index contributed by atoms with van der Waals surface area (Å²) in [5.74, 6) is -2.08. The lowest BCUT2D eigenvalue weighted by molar-refractivity contribution is -0.870. The van der Waals surface area contributed by atoms with Gasteiger partial charge in [0.05, 0.1) is 34.4 Å². The first-order valence-electron chi connectivity index (χ1n) is 39.2. The highest BCUT2D eigenvalue weighted by molar-refractivity contribution is 5.71. The van der Waals surface area contributed by atoms with Gasteiger partial charge in [-0.2, -0.15) is 0 Å². The van der Waals surface area contributed by atoms with Crippen LogP contribution in [-0.4, -0.2) is 87.4 Å². The van der Waals surface area contributed by atoms with Crippen molar-refractivity contribution in [2.45, 2.75) is 270 Å². The lowest BCUT2D eigenvalue weighted by Crippen LogP contribution is -2.40. The third kappa shape index (κ3) is 80.3. The molecule has 0 aliphatic carbocycles. The summed E-state index contributed by atoms with van der Waals surface area (Å²) in [6.45, 7) is 4.58. The molecule has 0 radical (unpaired) electrons. The number of ether oxygens (including phenoxy) is 4. The van der Waals surface area contributed by atoms with Crippen LogP contribution in [0, 0.1) is 0 Å². The maximum Gasteiger partial charge on any atom is 0.361 e. The van der Waals surface area contributed by atoms with E-state index >= 15 is 0 Å². The fourth-order valence-electron chi connectivity index (χ4n) is 9.72. The Bertz CT molecular complexity index is 2570. The first-order chi connectivity index (χ1) is 49.6. The Hall–Kier alpha value is -6.91. The van der Waals surface area contributed by atoms with Crippen molar-refractivity contribution in [2.75, 3.05) is 47.5 Å². The number of likely N-dealkylation sites (N-methyl/N-ethyl adjacent to an activating group) is 1. The number of nitrogens with zero attached hydrogens (tertiary/aromatic N) is 1. The van der Waals surface area contributed by atoms with E-state index < -0.39 is 24.3 Å². The van der Waals surface area contributed by atoms with Crippen molar-refractivity contribution in [1.82, 2.24) is 0 Å². The molecule has 0 amide bonds. The quantitative estimate of drug-likeness (QED) is 0.0211. The summed E-state index contributed by atoms with van der Waals surface area (Å²) >= 11 is 0. The number of carbonyl (C=O) groups is 3. The van der Waals surface area contributed by atoms with Gasteiger partial charge in [-0.3, -0.25) is 9.59 Å². The number of unbranched alkanes of at least 4 members (excludes halogenated alkanes) is 14. The molecule has 0 saturated heterocycles. The zero-order valence-corrected chi connectivity index (χ0v) is 64.2. The largest absolute Gasteiger partial charge is 0.477 e. The maximum absolute atomic E-state index is 13.0. The summed E-state index contributed by atoms with van der Waals surface area (Å²) in [6.07, 6.45) is 124. The SMILES string of the molecule is CC/C=C\C/C=C\C/C=C\C/C=C\C/C=C\C/C=C\C/C=C\C/C=C\C/C=C\C/C=C\C/C=C\CCCCCC(=O)OC(COC(=O)CCCCCCCCCCCCC/C=C\C/C=C\C/C=C\C/C=C\C/C=C\C/C=C\C/C=C\C/C=C\C/C=C\CC)COC(OCC[N+](C)(C)C)C(=O)O. The van der Waals surface area contributed by atoms with Crippen LogP contribution in [0.25, 0.3) is 0 Å². The monoisotopic (exact) mass is 1390 g/mol. The molecule has 2 atom stereocenters. The third-order valence-electron chi connectivity index (χ3n) is 15.6. The molecule has 0 aliphatic heterocycles. The molecule has 9 heteroatoms. The molecule has 0 spiro atoms. The van der Waals surface area contributed by atoms with Gasteiger partial charge < -0.3 is 28.5 Å². The third-order valence-corrected chi connectivity index (χ3v) is 15.6. The van der Waals surface area contributed by atoms with E-state index in [1.54, 1.807) is 0 Å². The van der Waals surface area contributed by atoms with Gasteiger partial charge in [-0.1, -0.05) is 321 Å². The van der Waals surface area contributed by atoms with Gasteiger partial charge in [0, 0.05) is 12.8 Å². The molecule has 1 N–H and O–H groups in total. The number of esters is 2. The average Bonchev–Trinajstić information content (AvgIpc) is 1.25. The number of hydrogen-bond acceptors (Lipinski definition) is 7. The Morgan fingerprint density at radius 3 is 0.802 bits per heavy atom. The maximum atomic E-state index is 13.0. The second-order valence-corrected chi connectivity index (χ2v) is 26.2. The minimum absolute atomic E-state index is 0.167. The van der Waals surface area contributed by atoms with E-state index in [0.717, 1.165) is 180 Å². The van der Waals surface area contributed by atoms with Gasteiger partial charge in [0.1, 0.15) is 13.2 Å². The Morgan fingerprint density at radius 2 is 0.535 bits per heavy atom. The number of aliphatic carboxylic acids is 1. The molecular formula is C92H142NO8+. The summed E-state index contributed by atoms with van der Waals surface area (Å²) in [6, 6.07) is 0. The van der Waals surface area contributed by atoms with Gasteiger partial charge in [-0.15, -0.1) is 0 Å². The highest BCUT2D eigenvalue weighted by Gasteiger charge is 2.25. The van der Waals surface area contributed by atoms with Crippen LogP contribution in [0.4, 0.5) is 0 Å². The van der Waals surface area contributed by atoms with E-state index in [9.17, 15) is 19.5 Å². The van der Waals surface area contributed by atoms with E-state index in [1.165, 1.54) is 44.9 Å². The number of hydrogen-bond donors (Lipinski definition) is 1. The summed E-state index contributed by atoms with van der Waals surface area (Å²) in [5.41, 5.74) is 0. The van der Waals surface area contributed by atoms with Crippen LogP contribution < -0.4 is 0 Å². The zero-order valence-electron chi connectivity index (χ0n) is 64.2. The summed E-state index contributed by atoms with van der Waals surface area (Å²) in [4.78, 5) is 37.7. The average molecular weight is 1390 g/mol. The van der Waals surface area contributed by atoms with Crippen molar-refractivity contribution >= 4 is 17.9 Å². The minimum Gasteiger partial charge on any atom is -0.477 e. The fourth-order valence-corrected chi connectivity index (χ4v) is 9.72. The molecule has 2 unspecified atom stereocenters. The van der Waals surface area contributed by atoms with Crippen molar-refractivity contribution in [2.24, 2.45) is 0 Å². The molecule has 0 aromatic heterocycles. The Morgan fingerprint density at radius 1 is 0.297 bits per heavy atom. The van der Waals surface area contributed by atoms with Gasteiger partial charge >= 0.3 is 17.9 Å². The number of quaternary nitrogens is 1. The van der Waals surface area contributed by atoms with Crippen LogP contribution in [0.1, 0.15) is 258 Å². The lowest BCUT2D eigenvalue weighted by Gasteiger charge is -2.25. The topological polar surface area (TPSA) is 108 Å². The number of allylic oxidation sites excluding steroid dienone is 40. The van der Waals surface area contributed by atoms with Gasteiger partial charge in [-0.05, 0) is 167 Å². The molecule has 562 valence electrons. The van der Waals surface area contributed by atoms with Gasteiger partial charge in [-0.25, -0.2) is 4.79 Å². The van der Waals surface area contributed by atoms with Crippen LogP contribution in [0.3, 0.4) is 0 Å². The van der Waals surface area contributed by atoms with E-state index in [-0.39, 0.29) is 38.6 Å². The number of carboxylic acids is 1. The number of carbonyl (C=O) groups excluding carboxylic acids is 2. The molecule has 0 bridgehead atoms. The molecule has 0 aliphatic rings. The first-order valence-corrected chi connectivity index (χ1v) is 39.2. The molecule has 0 saturated carbocycles. The predicted octanol–water partition coefficient (Wildman–Crippen LogP) is 25.6. The van der Waals surface area contributed by atoms with Crippen LogP contribution in [0.15, 0.2) is 243 Å². The molecule has 0 rings (SSSR count). The first kappa shape index (κ1) is 94.1. The van der Waals surface area contributed by atoms with Crippen LogP contribution in [0.2, 0.25) is 0 Å². The lowest BCUT2D eigenvalue weighted by atomic mass is 10.0. The number of carboxylic acid groups (broad SMARTS) is 1. The molecule has 9 nitrogen and oxygen atoms in total. The van der Waals surface area contributed by atoms with Gasteiger partial charge in [0.2, 0.25) is 0 Å². The highest BCUT2D eigenvalue weighted by atomic mass is 16.7. The Labute approximate surface area is 618 Å². The fraction of sp³-hybridized carbons (Fsp3) is 0.533. The van der Waals surface area contributed by atoms with Crippen LogP contribution >= 0.6 is 0 Å². The summed E-state index contributed by atoms with van der Waals surface area (Å²) in [7, 11) is 5.95. The molecule has 101 heavy (non-hydrogen) atoms. The van der Waals surface area contributed by atoms with Crippen LogP contribution in [-0.2, 0) is 33.3 Å². The van der Waals surface area contributed by atoms with Crippen molar-refractivity contribution in [3.05, 3.63) is 243 Å². The molecular weight excluding hydrogens is 1250 g/mol. The molecule has 0 heterocycles. The van der Waals surface area contributed by atoms with E-state index in [0.29, 0.717) is 17.4 Å². The number of rotatable bonds is 69. The van der Waals surface area contributed by atoms with Crippen LogP contribution in [0.5, 0.6) is 0 Å². The van der Waals surface area contributed by atoms with E-state index in [2.05, 4.69) is 257 Å². The Kier molecular flexibility index (Phi) is 73.4. The second kappa shape index (κ2) is 78.8. The van der Waals surface area contributed by atoms with Gasteiger partial charge in [0.25, 0.3) is 6.29 Å². The highest BCUT2D eigenvalue weighted by Crippen LogP contribution is 2.15. The van der Waals surface area contributed by atoms with Gasteiger partial charge in [0.15, 0.2) is 6.10 Å². The van der Waals surface area contributed by atoms with Crippen molar-refractivity contribution < 1.29 is 42.9 Å². The zero-order chi connectivity index (χ0) is 73.2. The smallest absolute Gasteiger partial charge is 0.361 e. The van der Waals surface area contributed by atoms with E-state index in [4.69, 9.17) is 18.9 Å². The van der Waals surface area contributed by atoms with E-state index in [1.807, 2.05) is 21.1 Å². The molecule has 0 fully saturated rings. The molecule has 0 aromatic carbocycles. The van der Waals surface area contributed by atoms with Crippen molar-refractivity contribution in [1.29, 1.82) is 0 Å². The Balaban J connectivity index is 4.23. The minimum atomic E-state index is -1.54. The second-order valence-electron chi connectivity index (χ2n) is 26.2. The standard InChI is InChI=1S/C92H141NO8/c1-6-8-10-12-14-16-18-20-22-24-26-28-30-32-34-36-38-40-42-44-45-47-48-50-52-54-56-58-60-62-64-66-68-70-72-74-76-78-80-82-89(94)99-86-88(87-100-92(91(96)97)98-85-84-93(3,4)5)101-90(95)83-81-79-77-75-73-71-69-67-65-63-61-59-57-55-53-51-49-46-43-41-39-37-35-33-31-29-27-25-23-21-19-17-15-13-11-9-7-2/h8-11,14-17,20-23,26-29,32-35,38-41,44-46,48-50,53-56,59,61,65,67,71,73,88,92H,6-7,12-13,18-19,24-25,30-31,36-37,42-43,47,51-52,57-58,60,62-64,66,68-70,72,74-87H2,1-5H3/p+1/b10-8-,11-9-,16-14-,17-15-,22-20-,23-21-,28-26-,29-27-,34-32-,35-33-,40-38-,41-39-,45-44-,49-46-,50-48-,55-53-,56-54-,61-59-,67-65-,73-71-. The summed E-state index contributed by atoms with van der Waals surface area (Å²) in [5, 5.41) is 9.77. The van der Waals surface area contributed by atoms with Crippen molar-refractivity contribution in [3.63, 3.8) is 0 Å². The predicted molar refractivity (Wildman–Crippen MR) is 437 cm³/mol. The normalized spacial score (nSPS) is 14.0.